The van der Waals surface area contributed by atoms with Crippen LogP contribution in [0.5, 0.6) is 5.75 Å². The Morgan fingerprint density at radius 1 is 1.33 bits per heavy atom. The summed E-state index contributed by atoms with van der Waals surface area (Å²) in [5.41, 5.74) is 6.75. The molecule has 1 aromatic heterocycles. The molecule has 0 spiro atoms. The number of nitrogens with one attached hydrogen (secondary N) is 1. The average Bonchev–Trinajstić information content (AvgIpc) is 3.01. The molecule has 1 atom stereocenters. The summed E-state index contributed by atoms with van der Waals surface area (Å²) in [6.07, 6.45) is 5.99. The van der Waals surface area contributed by atoms with E-state index >= 15 is 0 Å². The molecule has 18 heavy (non-hydrogen) atoms. The van der Waals surface area contributed by atoms with Crippen LogP contribution in [-0.4, -0.2) is 17.1 Å². The van der Waals surface area contributed by atoms with Crippen LogP contribution in [0.1, 0.15) is 40.3 Å². The van der Waals surface area contributed by atoms with Gasteiger partial charge in [-0.2, -0.15) is 0 Å². The van der Waals surface area contributed by atoms with Crippen LogP contribution in [0.3, 0.4) is 0 Å². The smallest absolute Gasteiger partial charge is 0.122 e. The van der Waals surface area contributed by atoms with E-state index in [0.717, 1.165) is 18.6 Å². The molecule has 3 rings (SSSR count). The van der Waals surface area contributed by atoms with Crippen molar-refractivity contribution in [3.05, 3.63) is 46.5 Å². The van der Waals surface area contributed by atoms with Crippen LogP contribution >= 0.6 is 0 Å². The maximum atomic E-state index is 5.49. The van der Waals surface area contributed by atoms with E-state index in [1.165, 1.54) is 27.9 Å². The lowest BCUT2D eigenvalue weighted by atomic mass is 9.94. The molecule has 0 fully saturated rings. The number of H-pyrrole nitrogens is 1. The molecule has 2 aromatic rings. The zero-order valence-corrected chi connectivity index (χ0v) is 11.1. The SMILES string of the molecule is COc1cc2c(c(C)c1C)CCC2c1cnc[nH]1. The van der Waals surface area contributed by atoms with Crippen molar-refractivity contribution in [1.29, 1.82) is 0 Å². The second kappa shape index (κ2) is 4.16. The molecule has 0 amide bonds. The third kappa shape index (κ3) is 1.54. The molecule has 0 radical (unpaired) electrons. The molecule has 1 heterocycles. The quantitative estimate of drug-likeness (QED) is 0.878. The van der Waals surface area contributed by atoms with Crippen molar-refractivity contribution in [1.82, 2.24) is 9.97 Å². The van der Waals surface area contributed by atoms with E-state index in [1.54, 1.807) is 13.4 Å². The zero-order chi connectivity index (χ0) is 12.7. The maximum absolute atomic E-state index is 5.49. The Morgan fingerprint density at radius 3 is 2.83 bits per heavy atom. The van der Waals surface area contributed by atoms with E-state index in [0.29, 0.717) is 5.92 Å². The normalized spacial score (nSPS) is 17.8. The second-order valence-corrected chi connectivity index (χ2v) is 4.99. The van der Waals surface area contributed by atoms with Crippen molar-refractivity contribution in [3.63, 3.8) is 0 Å². The van der Waals surface area contributed by atoms with Crippen molar-refractivity contribution in [2.75, 3.05) is 7.11 Å². The fraction of sp³-hybridized carbons (Fsp3) is 0.400. The summed E-state index contributed by atoms with van der Waals surface area (Å²) in [5, 5.41) is 0. The highest BCUT2D eigenvalue weighted by Crippen LogP contribution is 2.42. The number of benzene rings is 1. The number of hydrogen-bond donors (Lipinski definition) is 1. The summed E-state index contributed by atoms with van der Waals surface area (Å²) < 4.78 is 5.49. The number of nitrogens with zero attached hydrogens (tertiary/aromatic N) is 1. The Balaban J connectivity index is 2.14. The first-order valence-corrected chi connectivity index (χ1v) is 6.37. The fourth-order valence-corrected chi connectivity index (χ4v) is 3.04. The molecule has 1 aliphatic carbocycles. The molecular weight excluding hydrogens is 224 g/mol. The molecule has 0 aliphatic heterocycles. The molecule has 0 saturated carbocycles. The van der Waals surface area contributed by atoms with Gasteiger partial charge < -0.3 is 9.72 Å². The zero-order valence-electron chi connectivity index (χ0n) is 11.1. The van der Waals surface area contributed by atoms with Crippen molar-refractivity contribution in [2.45, 2.75) is 32.6 Å². The van der Waals surface area contributed by atoms with Gasteiger partial charge in [0.2, 0.25) is 0 Å². The minimum Gasteiger partial charge on any atom is -0.496 e. The highest BCUT2D eigenvalue weighted by atomic mass is 16.5. The summed E-state index contributed by atoms with van der Waals surface area (Å²) in [4.78, 5) is 7.38. The van der Waals surface area contributed by atoms with E-state index in [9.17, 15) is 0 Å². The average molecular weight is 242 g/mol. The lowest BCUT2D eigenvalue weighted by molar-refractivity contribution is 0.410. The predicted octanol–water partition coefficient (Wildman–Crippen LogP) is 3.11. The topological polar surface area (TPSA) is 37.9 Å². The minimum absolute atomic E-state index is 0.440. The predicted molar refractivity (Wildman–Crippen MR) is 71.2 cm³/mol. The molecular formula is C15H18N2O. The van der Waals surface area contributed by atoms with Crippen LogP contribution in [0.25, 0.3) is 0 Å². The maximum Gasteiger partial charge on any atom is 0.122 e. The van der Waals surface area contributed by atoms with Crippen LogP contribution in [-0.2, 0) is 6.42 Å². The third-order valence-corrected chi connectivity index (χ3v) is 4.19. The molecule has 3 nitrogen and oxygen atoms in total. The van der Waals surface area contributed by atoms with Gasteiger partial charge in [0.05, 0.1) is 13.4 Å². The number of imidazole rings is 1. The summed E-state index contributed by atoms with van der Waals surface area (Å²) in [5.74, 6) is 1.44. The number of methoxy groups -OCH3 is 1. The summed E-state index contributed by atoms with van der Waals surface area (Å²) >= 11 is 0. The molecule has 1 N–H and O–H groups in total. The van der Waals surface area contributed by atoms with Gasteiger partial charge in [-0.1, -0.05) is 0 Å². The highest BCUT2D eigenvalue weighted by Gasteiger charge is 2.28. The fourth-order valence-electron chi connectivity index (χ4n) is 3.04. The third-order valence-electron chi connectivity index (χ3n) is 4.19. The highest BCUT2D eigenvalue weighted by molar-refractivity contribution is 5.53. The van der Waals surface area contributed by atoms with Crippen LogP contribution in [0, 0.1) is 13.8 Å². The number of fused-ring (bicyclic) bond motifs is 1. The monoisotopic (exact) mass is 242 g/mol. The summed E-state index contributed by atoms with van der Waals surface area (Å²) in [7, 11) is 1.74. The van der Waals surface area contributed by atoms with Gasteiger partial charge >= 0.3 is 0 Å². The molecule has 94 valence electrons. The minimum atomic E-state index is 0.440. The first-order chi connectivity index (χ1) is 8.72. The standard InChI is InChI=1S/C15H18N2O/c1-9-10(2)15(18-3)6-13-11(9)4-5-12(13)14-7-16-8-17-14/h6-8,12H,4-5H2,1-3H3,(H,16,17). The number of ether oxygens (including phenoxy) is 1. The van der Waals surface area contributed by atoms with Gasteiger partial charge in [-0.3, -0.25) is 0 Å². The summed E-state index contributed by atoms with van der Waals surface area (Å²) in [6.45, 7) is 4.34. The molecule has 0 saturated heterocycles. The van der Waals surface area contributed by atoms with Gasteiger partial charge in [0.25, 0.3) is 0 Å². The Hall–Kier alpha value is -1.77. The molecule has 1 unspecified atom stereocenters. The van der Waals surface area contributed by atoms with Crippen molar-refractivity contribution in [2.24, 2.45) is 0 Å². The van der Waals surface area contributed by atoms with Gasteiger partial charge in [-0.05, 0) is 55.0 Å². The molecule has 3 heteroatoms. The lowest BCUT2D eigenvalue weighted by Crippen LogP contribution is -2.00. The molecule has 1 aromatic carbocycles. The summed E-state index contributed by atoms with van der Waals surface area (Å²) in [6, 6.07) is 2.20. The Kier molecular flexibility index (Phi) is 2.62. The van der Waals surface area contributed by atoms with Gasteiger partial charge in [-0.15, -0.1) is 0 Å². The first-order valence-electron chi connectivity index (χ1n) is 6.37. The number of hydrogen-bond acceptors (Lipinski definition) is 2. The molecule has 0 bridgehead atoms. The number of aromatic amines is 1. The van der Waals surface area contributed by atoms with Crippen LogP contribution in [0.15, 0.2) is 18.6 Å². The second-order valence-electron chi connectivity index (χ2n) is 4.99. The number of rotatable bonds is 2. The van der Waals surface area contributed by atoms with E-state index in [1.807, 2.05) is 6.20 Å². The van der Waals surface area contributed by atoms with Gasteiger partial charge in [-0.25, -0.2) is 4.98 Å². The first kappa shape index (κ1) is 11.3. The van der Waals surface area contributed by atoms with Crippen molar-refractivity contribution in [3.8, 4) is 5.75 Å². The Morgan fingerprint density at radius 2 is 2.17 bits per heavy atom. The van der Waals surface area contributed by atoms with Gasteiger partial charge in [0.1, 0.15) is 5.75 Å². The van der Waals surface area contributed by atoms with Crippen molar-refractivity contribution < 1.29 is 4.74 Å². The van der Waals surface area contributed by atoms with E-state index in [2.05, 4.69) is 29.9 Å². The van der Waals surface area contributed by atoms with Crippen LogP contribution in [0.4, 0.5) is 0 Å². The lowest BCUT2D eigenvalue weighted by Gasteiger charge is -2.15. The van der Waals surface area contributed by atoms with Crippen molar-refractivity contribution >= 4 is 0 Å². The Labute approximate surface area is 107 Å². The van der Waals surface area contributed by atoms with E-state index in [4.69, 9.17) is 4.74 Å². The Bertz CT molecular complexity index is 573. The van der Waals surface area contributed by atoms with E-state index < -0.39 is 0 Å². The van der Waals surface area contributed by atoms with Gasteiger partial charge in [0, 0.05) is 17.8 Å². The largest absolute Gasteiger partial charge is 0.496 e. The van der Waals surface area contributed by atoms with Gasteiger partial charge in [0.15, 0.2) is 0 Å². The van der Waals surface area contributed by atoms with E-state index in [-0.39, 0.29) is 0 Å². The molecule has 1 aliphatic rings. The van der Waals surface area contributed by atoms with Crippen LogP contribution in [0.2, 0.25) is 0 Å². The number of aromatic nitrogens is 2. The van der Waals surface area contributed by atoms with Crippen LogP contribution < -0.4 is 4.74 Å².